The number of benzene rings is 2. The number of aryl methyl sites for hydroxylation is 1. The molecule has 33 heavy (non-hydrogen) atoms. The Hall–Kier alpha value is -1.82. The first-order chi connectivity index (χ1) is 15.8. The van der Waals surface area contributed by atoms with Crippen molar-refractivity contribution in [1.82, 2.24) is 0 Å². The van der Waals surface area contributed by atoms with Crippen molar-refractivity contribution in [2.24, 2.45) is 0 Å². The van der Waals surface area contributed by atoms with Crippen LogP contribution < -0.4 is 0 Å². The summed E-state index contributed by atoms with van der Waals surface area (Å²) in [5.74, 6) is -0.669. The van der Waals surface area contributed by atoms with Crippen LogP contribution in [-0.4, -0.2) is 28.4 Å². The molecule has 3 radical (unpaired) electrons. The highest BCUT2D eigenvalue weighted by Crippen LogP contribution is 2.20. The Bertz CT molecular complexity index is 753. The molecule has 1 N–H and O–H groups in total. The summed E-state index contributed by atoms with van der Waals surface area (Å²) in [4.78, 5) is 10.4. The molecular formula is C30H42AlO2. The molecule has 2 nitrogen and oxygen atoms in total. The monoisotopic (exact) mass is 461 g/mol. The van der Waals surface area contributed by atoms with Crippen molar-refractivity contribution in [2.45, 2.75) is 96.3 Å². The predicted molar refractivity (Wildman–Crippen MR) is 143 cm³/mol. The molecule has 0 saturated carbocycles. The summed E-state index contributed by atoms with van der Waals surface area (Å²) in [5.41, 5.74) is 4.05. The summed E-state index contributed by atoms with van der Waals surface area (Å²) >= 11 is 0. The lowest BCUT2D eigenvalue weighted by atomic mass is 10.0. The van der Waals surface area contributed by atoms with Crippen LogP contribution in [-0.2, 0) is 11.2 Å². The van der Waals surface area contributed by atoms with Gasteiger partial charge in [-0.15, -0.1) is 0 Å². The highest BCUT2D eigenvalue weighted by atomic mass is 27.0. The van der Waals surface area contributed by atoms with Gasteiger partial charge in [-0.05, 0) is 61.6 Å². The van der Waals surface area contributed by atoms with E-state index in [1.807, 2.05) is 0 Å². The number of unbranched alkanes of at least 4 members (excludes halogenated alkanes) is 11. The third kappa shape index (κ3) is 14.8. The fourth-order valence-corrected chi connectivity index (χ4v) is 4.10. The standard InChI is InChI=1S/C30H42O2.Al/c31-30(32)22-18-13-11-9-7-5-3-1-2-4-6-8-10-12-15-19-27-23-25-29(26-24-27)28-20-16-14-17-21-28;/h1,3,14,16-17,20-21,23-26H,2,4-13,15,18-19,22H2,(H,31,32);/b3-1-;. The largest absolute Gasteiger partial charge is 0.481 e. The molecule has 0 saturated heterocycles. The predicted octanol–water partition coefficient (Wildman–Crippen LogP) is 8.62. The van der Waals surface area contributed by atoms with Crippen LogP contribution in [0.25, 0.3) is 11.1 Å². The van der Waals surface area contributed by atoms with Gasteiger partial charge in [-0.25, -0.2) is 0 Å². The quantitative estimate of drug-likeness (QED) is 0.137. The van der Waals surface area contributed by atoms with Gasteiger partial charge in [-0.1, -0.05) is 112 Å². The Kier molecular flexibility index (Phi) is 17.4. The van der Waals surface area contributed by atoms with Crippen LogP contribution in [0.3, 0.4) is 0 Å². The highest BCUT2D eigenvalue weighted by Gasteiger charge is 1.99. The van der Waals surface area contributed by atoms with E-state index in [4.69, 9.17) is 5.11 Å². The van der Waals surface area contributed by atoms with Gasteiger partial charge in [0.05, 0.1) is 0 Å². The fraction of sp³-hybridized carbons (Fsp3) is 0.500. The van der Waals surface area contributed by atoms with E-state index in [2.05, 4.69) is 66.7 Å². The Morgan fingerprint density at radius 3 is 1.67 bits per heavy atom. The van der Waals surface area contributed by atoms with Crippen LogP contribution in [0.5, 0.6) is 0 Å². The van der Waals surface area contributed by atoms with Gasteiger partial charge >= 0.3 is 5.97 Å². The summed E-state index contributed by atoms with van der Waals surface area (Å²) in [7, 11) is 0. The molecule has 0 bridgehead atoms. The molecule has 0 aliphatic carbocycles. The Morgan fingerprint density at radius 2 is 1.09 bits per heavy atom. The highest BCUT2D eigenvalue weighted by molar-refractivity contribution is 5.75. The topological polar surface area (TPSA) is 37.3 Å². The van der Waals surface area contributed by atoms with Crippen molar-refractivity contribution in [1.29, 1.82) is 0 Å². The van der Waals surface area contributed by atoms with Crippen LogP contribution in [0.15, 0.2) is 66.7 Å². The normalized spacial score (nSPS) is 10.9. The summed E-state index contributed by atoms with van der Waals surface area (Å²) in [6, 6.07) is 19.7. The number of hydrogen-bond acceptors (Lipinski definition) is 1. The fourth-order valence-electron chi connectivity index (χ4n) is 4.10. The number of carbonyl (C=O) groups is 1. The van der Waals surface area contributed by atoms with E-state index < -0.39 is 5.97 Å². The average Bonchev–Trinajstić information content (AvgIpc) is 2.82. The molecule has 0 atom stereocenters. The van der Waals surface area contributed by atoms with E-state index in [0.29, 0.717) is 6.42 Å². The van der Waals surface area contributed by atoms with Gasteiger partial charge < -0.3 is 5.11 Å². The van der Waals surface area contributed by atoms with Gasteiger partial charge in [0.1, 0.15) is 0 Å². The minimum absolute atomic E-state index is 0. The van der Waals surface area contributed by atoms with E-state index in [9.17, 15) is 4.79 Å². The molecule has 177 valence electrons. The van der Waals surface area contributed by atoms with Crippen molar-refractivity contribution in [3.63, 3.8) is 0 Å². The minimum Gasteiger partial charge on any atom is -0.481 e. The Balaban J connectivity index is 0.00000544. The molecule has 2 aromatic rings. The Labute approximate surface area is 212 Å². The molecule has 0 fully saturated rings. The van der Waals surface area contributed by atoms with Gasteiger partial charge in [-0.3, -0.25) is 4.79 Å². The van der Waals surface area contributed by atoms with Crippen LogP contribution in [0, 0.1) is 0 Å². The van der Waals surface area contributed by atoms with E-state index in [1.54, 1.807) is 0 Å². The third-order valence-corrected chi connectivity index (χ3v) is 6.08. The van der Waals surface area contributed by atoms with Crippen LogP contribution in [0.2, 0.25) is 0 Å². The Morgan fingerprint density at radius 1 is 0.606 bits per heavy atom. The van der Waals surface area contributed by atoms with Gasteiger partial charge in [0.15, 0.2) is 0 Å². The van der Waals surface area contributed by atoms with Gasteiger partial charge in [0.25, 0.3) is 0 Å². The molecule has 0 aromatic heterocycles. The van der Waals surface area contributed by atoms with Gasteiger partial charge in [0, 0.05) is 23.8 Å². The molecule has 2 aromatic carbocycles. The number of hydrogen-bond donors (Lipinski definition) is 1. The second-order valence-corrected chi connectivity index (χ2v) is 8.89. The van der Waals surface area contributed by atoms with E-state index in [-0.39, 0.29) is 17.4 Å². The number of aliphatic carboxylic acids is 1. The van der Waals surface area contributed by atoms with Crippen molar-refractivity contribution < 1.29 is 9.90 Å². The lowest BCUT2D eigenvalue weighted by Crippen LogP contribution is -1.93. The SMILES string of the molecule is O=C(O)CCCCCCC/C=C\CCCCCCCCc1ccc(-c2ccccc2)cc1.[Al]. The molecule has 0 spiro atoms. The molecular weight excluding hydrogens is 419 g/mol. The molecule has 2 rings (SSSR count). The van der Waals surface area contributed by atoms with Crippen molar-refractivity contribution in [3.8, 4) is 11.1 Å². The molecule has 0 amide bonds. The molecule has 0 heterocycles. The second kappa shape index (κ2) is 19.6. The average molecular weight is 462 g/mol. The van der Waals surface area contributed by atoms with E-state index in [0.717, 1.165) is 12.8 Å². The summed E-state index contributed by atoms with van der Waals surface area (Å²) in [5, 5.41) is 8.60. The van der Waals surface area contributed by atoms with Crippen LogP contribution in [0.4, 0.5) is 0 Å². The minimum atomic E-state index is -0.669. The van der Waals surface area contributed by atoms with Gasteiger partial charge in [-0.2, -0.15) is 0 Å². The van der Waals surface area contributed by atoms with Crippen LogP contribution >= 0.6 is 0 Å². The first kappa shape index (κ1) is 29.2. The van der Waals surface area contributed by atoms with Crippen molar-refractivity contribution in [2.75, 3.05) is 0 Å². The van der Waals surface area contributed by atoms with Crippen molar-refractivity contribution >= 4 is 23.3 Å². The molecule has 0 unspecified atom stereocenters. The number of allylic oxidation sites excluding steroid dienone is 2. The zero-order valence-electron chi connectivity index (χ0n) is 20.4. The first-order valence-electron chi connectivity index (χ1n) is 12.8. The lowest BCUT2D eigenvalue weighted by molar-refractivity contribution is -0.137. The number of rotatable bonds is 18. The number of carboxylic acids is 1. The van der Waals surface area contributed by atoms with E-state index in [1.165, 1.54) is 93.7 Å². The van der Waals surface area contributed by atoms with Crippen LogP contribution in [0.1, 0.15) is 95.5 Å². The summed E-state index contributed by atoms with van der Waals surface area (Å²) in [6.07, 6.45) is 22.1. The zero-order chi connectivity index (χ0) is 22.7. The summed E-state index contributed by atoms with van der Waals surface area (Å²) < 4.78 is 0. The third-order valence-electron chi connectivity index (χ3n) is 6.08. The zero-order valence-corrected chi connectivity index (χ0v) is 21.5. The first-order valence-corrected chi connectivity index (χ1v) is 12.8. The smallest absolute Gasteiger partial charge is 0.303 e. The van der Waals surface area contributed by atoms with E-state index >= 15 is 0 Å². The van der Waals surface area contributed by atoms with Gasteiger partial charge in [0.2, 0.25) is 0 Å². The number of carboxylic acid groups (broad SMARTS) is 1. The maximum Gasteiger partial charge on any atom is 0.303 e. The molecule has 3 heteroatoms. The lowest BCUT2D eigenvalue weighted by Gasteiger charge is -2.05. The van der Waals surface area contributed by atoms with Crippen molar-refractivity contribution in [3.05, 3.63) is 72.3 Å². The summed E-state index contributed by atoms with van der Waals surface area (Å²) in [6.45, 7) is 0. The maximum atomic E-state index is 10.4. The second-order valence-electron chi connectivity index (χ2n) is 8.89. The molecule has 0 aliphatic rings. The maximum absolute atomic E-state index is 10.4. The molecule has 0 aliphatic heterocycles.